The van der Waals surface area contributed by atoms with Crippen LogP contribution in [-0.4, -0.2) is 23.0 Å². The van der Waals surface area contributed by atoms with Gasteiger partial charge in [0.2, 0.25) is 5.91 Å². The third kappa shape index (κ3) is 3.36. The minimum absolute atomic E-state index is 0.437. The van der Waals surface area contributed by atoms with Crippen molar-refractivity contribution in [2.45, 2.75) is 19.5 Å². The van der Waals surface area contributed by atoms with Gasteiger partial charge >= 0.3 is 5.97 Å². The van der Waals surface area contributed by atoms with Gasteiger partial charge in [0.05, 0.1) is 0 Å². The predicted molar refractivity (Wildman–Crippen MR) is 58.9 cm³/mol. The molecule has 0 bridgehead atoms. The summed E-state index contributed by atoms with van der Waals surface area (Å²) in [7, 11) is 0. The molecular weight excluding hydrogens is 208 g/mol. The number of hydrogen-bond acceptors (Lipinski definition) is 3. The highest BCUT2D eigenvalue weighted by Crippen LogP contribution is 2.03. The van der Waals surface area contributed by atoms with Crippen LogP contribution in [0.15, 0.2) is 24.3 Å². The van der Waals surface area contributed by atoms with Gasteiger partial charge in [0, 0.05) is 12.1 Å². The lowest BCUT2D eigenvalue weighted by atomic mass is 10.1. The molecule has 0 radical (unpaired) electrons. The molecule has 0 spiro atoms. The molecule has 0 heterocycles. The van der Waals surface area contributed by atoms with Gasteiger partial charge in [-0.15, -0.1) is 0 Å². The molecule has 1 atom stereocenters. The van der Waals surface area contributed by atoms with E-state index in [1.165, 1.54) is 0 Å². The van der Waals surface area contributed by atoms with Gasteiger partial charge in [0.1, 0.15) is 6.04 Å². The summed E-state index contributed by atoms with van der Waals surface area (Å²) in [6.45, 7) is 2.01. The van der Waals surface area contributed by atoms with Crippen molar-refractivity contribution in [3.05, 3.63) is 35.4 Å². The van der Waals surface area contributed by atoms with Crippen molar-refractivity contribution in [2.75, 3.05) is 0 Å². The van der Waals surface area contributed by atoms with E-state index >= 15 is 0 Å². The predicted octanol–water partition coefficient (Wildman–Crippen LogP) is 0.348. The fourth-order valence-corrected chi connectivity index (χ4v) is 1.15. The molecule has 1 unspecified atom stereocenters. The first-order valence-electron chi connectivity index (χ1n) is 4.85. The maximum absolute atomic E-state index is 10.8. The van der Waals surface area contributed by atoms with E-state index in [1.54, 1.807) is 31.2 Å². The third-order valence-corrected chi connectivity index (χ3v) is 2.22. The second kappa shape index (κ2) is 5.27. The molecule has 0 aliphatic carbocycles. The molecule has 1 amide bonds. The van der Waals surface area contributed by atoms with Crippen LogP contribution in [0.3, 0.4) is 0 Å². The van der Waals surface area contributed by atoms with Crippen LogP contribution in [0.4, 0.5) is 0 Å². The van der Waals surface area contributed by atoms with Crippen LogP contribution >= 0.6 is 0 Å². The molecule has 5 heteroatoms. The fraction of sp³-hybridized carbons (Fsp3) is 0.273. The number of carbonyl (C=O) groups is 2. The Kier molecular flexibility index (Phi) is 4.02. The lowest BCUT2D eigenvalue weighted by molar-refractivity contribution is -0.139. The van der Waals surface area contributed by atoms with Gasteiger partial charge in [-0.05, 0) is 24.6 Å². The van der Waals surface area contributed by atoms with E-state index in [0.29, 0.717) is 12.1 Å². The van der Waals surface area contributed by atoms with Crippen molar-refractivity contribution in [3.63, 3.8) is 0 Å². The first-order chi connectivity index (χ1) is 7.50. The van der Waals surface area contributed by atoms with Gasteiger partial charge in [0.15, 0.2) is 0 Å². The summed E-state index contributed by atoms with van der Waals surface area (Å²) >= 11 is 0. The zero-order valence-electron chi connectivity index (χ0n) is 8.93. The van der Waals surface area contributed by atoms with Crippen molar-refractivity contribution in [1.82, 2.24) is 5.32 Å². The number of carbonyl (C=O) groups excluding carboxylic acids is 1. The lowest BCUT2D eigenvalue weighted by Crippen LogP contribution is -2.33. The minimum atomic E-state index is -0.895. The number of amides is 1. The normalized spacial score (nSPS) is 12.1. The standard InChI is InChI=1S/C11H14N2O3/c1-7(11(15)16)13-6-8-2-4-9(5-3-8)10(12)14/h2-5,7,13H,6H2,1H3,(H2,12,14)(H,15,16). The second-order valence-electron chi connectivity index (χ2n) is 3.50. The molecule has 16 heavy (non-hydrogen) atoms. The van der Waals surface area contributed by atoms with Crippen molar-refractivity contribution in [2.24, 2.45) is 5.73 Å². The molecule has 1 aromatic carbocycles. The van der Waals surface area contributed by atoms with E-state index in [-0.39, 0.29) is 0 Å². The molecule has 0 aliphatic rings. The summed E-state index contributed by atoms with van der Waals surface area (Å²) in [5, 5.41) is 11.5. The van der Waals surface area contributed by atoms with Crippen LogP contribution in [0, 0.1) is 0 Å². The van der Waals surface area contributed by atoms with Crippen molar-refractivity contribution >= 4 is 11.9 Å². The molecule has 0 saturated heterocycles. The molecule has 86 valence electrons. The second-order valence-corrected chi connectivity index (χ2v) is 3.50. The molecule has 1 rings (SSSR count). The Labute approximate surface area is 93.3 Å². The molecule has 1 aromatic rings. The SMILES string of the molecule is CC(NCc1ccc(C(N)=O)cc1)C(=O)O. The van der Waals surface area contributed by atoms with Gasteiger partial charge in [-0.1, -0.05) is 12.1 Å². The van der Waals surface area contributed by atoms with Crippen molar-refractivity contribution in [1.29, 1.82) is 0 Å². The van der Waals surface area contributed by atoms with Crippen LogP contribution in [0.5, 0.6) is 0 Å². The van der Waals surface area contributed by atoms with E-state index in [9.17, 15) is 9.59 Å². The summed E-state index contributed by atoms with van der Waals surface area (Å²) < 4.78 is 0. The highest BCUT2D eigenvalue weighted by atomic mass is 16.4. The Morgan fingerprint density at radius 1 is 1.38 bits per heavy atom. The summed E-state index contributed by atoms with van der Waals surface area (Å²) in [5.74, 6) is -1.37. The number of benzene rings is 1. The van der Waals surface area contributed by atoms with Crippen LogP contribution in [0.1, 0.15) is 22.8 Å². The first kappa shape index (κ1) is 12.2. The monoisotopic (exact) mass is 222 g/mol. The van der Waals surface area contributed by atoms with Crippen LogP contribution in [0.25, 0.3) is 0 Å². The van der Waals surface area contributed by atoms with Gasteiger partial charge in [0.25, 0.3) is 0 Å². The smallest absolute Gasteiger partial charge is 0.320 e. The quantitative estimate of drug-likeness (QED) is 0.670. The largest absolute Gasteiger partial charge is 0.480 e. The van der Waals surface area contributed by atoms with E-state index in [0.717, 1.165) is 5.56 Å². The summed E-state index contributed by atoms with van der Waals surface area (Å²) in [6.07, 6.45) is 0. The molecule has 0 aromatic heterocycles. The summed E-state index contributed by atoms with van der Waals surface area (Å²) in [4.78, 5) is 21.3. The van der Waals surface area contributed by atoms with Gasteiger partial charge in [-0.2, -0.15) is 0 Å². The maximum atomic E-state index is 10.8. The lowest BCUT2D eigenvalue weighted by Gasteiger charge is -2.08. The first-order valence-corrected chi connectivity index (χ1v) is 4.85. The van der Waals surface area contributed by atoms with E-state index in [1.807, 2.05) is 0 Å². The number of carboxylic acids is 1. The molecule has 0 saturated carbocycles. The average Bonchev–Trinajstić information content (AvgIpc) is 2.26. The zero-order chi connectivity index (χ0) is 12.1. The van der Waals surface area contributed by atoms with Gasteiger partial charge in [-0.25, -0.2) is 0 Å². The Balaban J connectivity index is 2.56. The number of primary amides is 1. The Hall–Kier alpha value is -1.88. The van der Waals surface area contributed by atoms with Crippen LogP contribution < -0.4 is 11.1 Å². The highest BCUT2D eigenvalue weighted by Gasteiger charge is 2.09. The van der Waals surface area contributed by atoms with Crippen molar-refractivity contribution in [3.8, 4) is 0 Å². The molecule has 4 N–H and O–H groups in total. The minimum Gasteiger partial charge on any atom is -0.480 e. The Bertz CT molecular complexity index is 387. The number of carboxylic acid groups (broad SMARTS) is 1. The average molecular weight is 222 g/mol. The van der Waals surface area contributed by atoms with E-state index in [4.69, 9.17) is 10.8 Å². The Morgan fingerprint density at radius 3 is 2.38 bits per heavy atom. The summed E-state index contributed by atoms with van der Waals surface area (Å²) in [6, 6.07) is 6.11. The number of hydrogen-bond donors (Lipinski definition) is 3. The number of nitrogens with two attached hydrogens (primary N) is 1. The number of nitrogens with one attached hydrogen (secondary N) is 1. The topological polar surface area (TPSA) is 92.4 Å². The van der Waals surface area contributed by atoms with Gasteiger partial charge < -0.3 is 16.2 Å². The molecule has 0 fully saturated rings. The third-order valence-electron chi connectivity index (χ3n) is 2.22. The molecule has 0 aliphatic heterocycles. The zero-order valence-corrected chi connectivity index (χ0v) is 8.93. The number of aliphatic carboxylic acids is 1. The van der Waals surface area contributed by atoms with Crippen LogP contribution in [-0.2, 0) is 11.3 Å². The van der Waals surface area contributed by atoms with E-state index < -0.39 is 17.9 Å². The molecular formula is C11H14N2O3. The molecule has 5 nitrogen and oxygen atoms in total. The fourth-order valence-electron chi connectivity index (χ4n) is 1.15. The number of rotatable bonds is 5. The maximum Gasteiger partial charge on any atom is 0.320 e. The summed E-state index contributed by atoms with van der Waals surface area (Å²) in [5.41, 5.74) is 6.43. The highest BCUT2D eigenvalue weighted by molar-refractivity contribution is 5.92. The van der Waals surface area contributed by atoms with E-state index in [2.05, 4.69) is 5.32 Å². The van der Waals surface area contributed by atoms with Gasteiger partial charge in [-0.3, -0.25) is 9.59 Å². The Morgan fingerprint density at radius 2 is 1.94 bits per heavy atom. The van der Waals surface area contributed by atoms with Crippen LogP contribution in [0.2, 0.25) is 0 Å². The van der Waals surface area contributed by atoms with Crippen molar-refractivity contribution < 1.29 is 14.7 Å².